The highest BCUT2D eigenvalue weighted by atomic mass is 19.1. The second-order valence-electron chi connectivity index (χ2n) is 8.18. The lowest BCUT2D eigenvalue weighted by molar-refractivity contribution is 0.318. The van der Waals surface area contributed by atoms with E-state index in [-0.39, 0.29) is 11.4 Å². The molecule has 2 aliphatic carbocycles. The SMILES string of the molecule is CCC1CCC(c2ccc(C3=Cc4cc(F)c(C#N)cc4CC3)c(F)c2)CC1. The Kier molecular flexibility index (Phi) is 5.31. The largest absolute Gasteiger partial charge is 0.206 e. The molecule has 2 aromatic carbocycles. The highest BCUT2D eigenvalue weighted by Gasteiger charge is 2.23. The summed E-state index contributed by atoms with van der Waals surface area (Å²) in [6.07, 6.45) is 9.27. The second kappa shape index (κ2) is 7.87. The van der Waals surface area contributed by atoms with Crippen molar-refractivity contribution in [3.8, 4) is 6.07 Å². The fourth-order valence-corrected chi connectivity index (χ4v) is 4.76. The van der Waals surface area contributed by atoms with Crippen molar-refractivity contribution in [1.29, 1.82) is 5.26 Å². The maximum atomic E-state index is 14.9. The Balaban J connectivity index is 1.59. The molecule has 0 atom stereocenters. The Bertz CT molecular complexity index is 959. The zero-order valence-corrected chi connectivity index (χ0v) is 16.3. The molecule has 0 saturated heterocycles. The molecule has 0 amide bonds. The molecule has 0 radical (unpaired) electrons. The van der Waals surface area contributed by atoms with E-state index in [1.54, 1.807) is 12.1 Å². The number of hydrogen-bond acceptors (Lipinski definition) is 1. The molecular formula is C25H25F2N. The third kappa shape index (κ3) is 3.61. The third-order valence-corrected chi connectivity index (χ3v) is 6.58. The molecule has 4 rings (SSSR count). The zero-order valence-electron chi connectivity index (χ0n) is 16.3. The molecule has 2 aliphatic rings. The fourth-order valence-electron chi connectivity index (χ4n) is 4.76. The van der Waals surface area contributed by atoms with Crippen LogP contribution in [0, 0.1) is 28.9 Å². The summed E-state index contributed by atoms with van der Waals surface area (Å²) in [5.74, 6) is 0.594. The first-order chi connectivity index (χ1) is 13.6. The number of rotatable bonds is 3. The van der Waals surface area contributed by atoms with Crippen LogP contribution in [0.1, 0.15) is 79.2 Å². The predicted octanol–water partition coefficient (Wildman–Crippen LogP) is 7.01. The molecule has 1 saturated carbocycles. The van der Waals surface area contributed by atoms with Gasteiger partial charge in [0.2, 0.25) is 0 Å². The molecule has 3 heteroatoms. The maximum absolute atomic E-state index is 14.9. The summed E-state index contributed by atoms with van der Waals surface area (Å²) in [4.78, 5) is 0. The van der Waals surface area contributed by atoms with E-state index in [1.807, 2.05) is 18.2 Å². The van der Waals surface area contributed by atoms with Gasteiger partial charge in [-0.1, -0.05) is 31.6 Å². The molecule has 2 aromatic rings. The number of nitriles is 1. The van der Waals surface area contributed by atoms with Crippen molar-refractivity contribution >= 4 is 11.6 Å². The average molecular weight is 377 g/mol. The number of fused-ring (bicyclic) bond motifs is 1. The van der Waals surface area contributed by atoms with Crippen LogP contribution in [0.15, 0.2) is 30.3 Å². The molecule has 0 heterocycles. The molecule has 0 spiro atoms. The van der Waals surface area contributed by atoms with Crippen molar-refractivity contribution < 1.29 is 8.78 Å². The predicted molar refractivity (Wildman–Crippen MR) is 109 cm³/mol. The van der Waals surface area contributed by atoms with Crippen molar-refractivity contribution in [2.24, 2.45) is 5.92 Å². The summed E-state index contributed by atoms with van der Waals surface area (Å²) in [7, 11) is 0. The van der Waals surface area contributed by atoms with E-state index < -0.39 is 5.82 Å². The van der Waals surface area contributed by atoms with Crippen LogP contribution in [-0.2, 0) is 6.42 Å². The van der Waals surface area contributed by atoms with Gasteiger partial charge in [-0.15, -0.1) is 0 Å². The fraction of sp³-hybridized carbons (Fsp3) is 0.400. The number of benzene rings is 2. The summed E-state index contributed by atoms with van der Waals surface area (Å²) in [6.45, 7) is 2.25. The Morgan fingerprint density at radius 1 is 1.00 bits per heavy atom. The molecule has 0 N–H and O–H groups in total. The standard InChI is InChI=1S/C25H25F2N/c1-2-16-3-5-17(6-4-16)19-9-10-23(25(27)13-19)20-8-7-18-11-22(15-28)24(26)14-21(18)12-20/h9-14,16-17H,2-8H2,1H3. The van der Waals surface area contributed by atoms with Crippen molar-refractivity contribution in [3.63, 3.8) is 0 Å². The minimum Gasteiger partial charge on any atom is -0.206 e. The molecule has 1 fully saturated rings. The van der Waals surface area contributed by atoms with Crippen molar-refractivity contribution in [2.75, 3.05) is 0 Å². The molecule has 1 nitrogen and oxygen atoms in total. The van der Waals surface area contributed by atoms with Crippen LogP contribution in [-0.4, -0.2) is 0 Å². The smallest absolute Gasteiger partial charge is 0.141 e. The lowest BCUT2D eigenvalue weighted by Crippen LogP contribution is -2.13. The summed E-state index contributed by atoms with van der Waals surface area (Å²) in [5, 5.41) is 8.99. The van der Waals surface area contributed by atoms with Gasteiger partial charge >= 0.3 is 0 Å². The monoisotopic (exact) mass is 377 g/mol. The van der Waals surface area contributed by atoms with E-state index in [2.05, 4.69) is 13.0 Å². The van der Waals surface area contributed by atoms with Gasteiger partial charge in [0.05, 0.1) is 5.56 Å². The first kappa shape index (κ1) is 18.9. The molecule has 28 heavy (non-hydrogen) atoms. The van der Waals surface area contributed by atoms with E-state index in [0.717, 1.165) is 41.0 Å². The topological polar surface area (TPSA) is 23.8 Å². The lowest BCUT2D eigenvalue weighted by atomic mass is 9.77. The van der Waals surface area contributed by atoms with Gasteiger partial charge in [-0.25, -0.2) is 8.78 Å². The highest BCUT2D eigenvalue weighted by Crippen LogP contribution is 2.39. The molecular weight excluding hydrogens is 352 g/mol. The number of halogens is 2. The van der Waals surface area contributed by atoms with Crippen molar-refractivity contribution in [2.45, 2.75) is 57.8 Å². The van der Waals surface area contributed by atoms with Crippen LogP contribution in [0.25, 0.3) is 11.6 Å². The molecule has 0 unspecified atom stereocenters. The van der Waals surface area contributed by atoms with E-state index in [0.29, 0.717) is 24.3 Å². The number of nitrogens with zero attached hydrogens (tertiary/aromatic N) is 1. The van der Waals surface area contributed by atoms with Crippen molar-refractivity contribution in [3.05, 3.63) is 69.8 Å². The molecule has 144 valence electrons. The quantitative estimate of drug-likeness (QED) is 0.564. The average Bonchev–Trinajstić information content (AvgIpc) is 2.73. The van der Waals surface area contributed by atoms with Gasteiger partial charge in [0.1, 0.15) is 17.7 Å². The Morgan fingerprint density at radius 3 is 2.46 bits per heavy atom. The van der Waals surface area contributed by atoms with Crippen LogP contribution >= 0.6 is 0 Å². The minimum atomic E-state index is -0.516. The Hall–Kier alpha value is -2.47. The molecule has 0 aromatic heterocycles. The molecule has 0 bridgehead atoms. The number of hydrogen-bond donors (Lipinski definition) is 0. The minimum absolute atomic E-state index is 0.0731. The van der Waals surface area contributed by atoms with E-state index >= 15 is 0 Å². The van der Waals surface area contributed by atoms with Gasteiger partial charge < -0.3 is 0 Å². The normalized spacial score (nSPS) is 21.6. The van der Waals surface area contributed by atoms with Crippen LogP contribution in [0.3, 0.4) is 0 Å². The first-order valence-electron chi connectivity index (χ1n) is 10.3. The summed E-state index contributed by atoms with van der Waals surface area (Å²) >= 11 is 0. The lowest BCUT2D eigenvalue weighted by Gasteiger charge is -2.28. The second-order valence-corrected chi connectivity index (χ2v) is 8.18. The Labute approximate surface area is 165 Å². The van der Waals surface area contributed by atoms with Gasteiger partial charge in [-0.2, -0.15) is 5.26 Å². The van der Waals surface area contributed by atoms with Crippen LogP contribution in [0.4, 0.5) is 8.78 Å². The van der Waals surface area contributed by atoms with Crippen LogP contribution < -0.4 is 0 Å². The van der Waals surface area contributed by atoms with Crippen LogP contribution in [0.5, 0.6) is 0 Å². The van der Waals surface area contributed by atoms with Gasteiger partial charge in [-0.3, -0.25) is 0 Å². The summed E-state index contributed by atoms with van der Waals surface area (Å²) < 4.78 is 28.9. The van der Waals surface area contributed by atoms with Gasteiger partial charge in [-0.05, 0) is 90.8 Å². The third-order valence-electron chi connectivity index (χ3n) is 6.58. The van der Waals surface area contributed by atoms with Gasteiger partial charge in [0.15, 0.2) is 0 Å². The number of aryl methyl sites for hydroxylation is 1. The first-order valence-corrected chi connectivity index (χ1v) is 10.3. The van der Waals surface area contributed by atoms with E-state index in [9.17, 15) is 8.78 Å². The highest BCUT2D eigenvalue weighted by molar-refractivity contribution is 5.85. The van der Waals surface area contributed by atoms with Crippen molar-refractivity contribution in [1.82, 2.24) is 0 Å². The summed E-state index contributed by atoms with van der Waals surface area (Å²) in [5.41, 5.74) is 4.39. The van der Waals surface area contributed by atoms with Gasteiger partial charge in [0.25, 0.3) is 0 Å². The molecule has 0 aliphatic heterocycles. The zero-order chi connectivity index (χ0) is 19.7. The van der Waals surface area contributed by atoms with Crippen LogP contribution in [0.2, 0.25) is 0 Å². The summed E-state index contributed by atoms with van der Waals surface area (Å²) in [6, 6.07) is 10.6. The Morgan fingerprint density at radius 2 is 1.79 bits per heavy atom. The van der Waals surface area contributed by atoms with E-state index in [4.69, 9.17) is 5.26 Å². The number of allylic oxidation sites excluding steroid dienone is 1. The maximum Gasteiger partial charge on any atom is 0.141 e. The van der Waals surface area contributed by atoms with Gasteiger partial charge in [0, 0.05) is 5.56 Å². The van der Waals surface area contributed by atoms with E-state index in [1.165, 1.54) is 25.3 Å².